The average molecular weight is 353 g/mol. The van der Waals surface area contributed by atoms with E-state index in [9.17, 15) is 4.79 Å². The van der Waals surface area contributed by atoms with E-state index in [-0.39, 0.29) is 5.91 Å². The molecule has 0 atom stereocenters. The third-order valence-electron chi connectivity index (χ3n) is 4.55. The van der Waals surface area contributed by atoms with E-state index in [1.165, 1.54) is 0 Å². The Kier molecular flexibility index (Phi) is 3.65. The van der Waals surface area contributed by atoms with Gasteiger partial charge in [0.15, 0.2) is 10.7 Å². The van der Waals surface area contributed by atoms with Crippen molar-refractivity contribution in [1.82, 2.24) is 14.7 Å². The predicted molar refractivity (Wildman–Crippen MR) is 99.4 cm³/mol. The summed E-state index contributed by atoms with van der Waals surface area (Å²) in [6, 6.07) is 4.13. The van der Waals surface area contributed by atoms with Crippen molar-refractivity contribution in [3.8, 4) is 0 Å². The highest BCUT2D eigenvalue weighted by Gasteiger charge is 2.20. The quantitative estimate of drug-likeness (QED) is 0.597. The van der Waals surface area contributed by atoms with Crippen molar-refractivity contribution in [3.63, 3.8) is 0 Å². The Bertz CT molecular complexity index is 1120. The van der Waals surface area contributed by atoms with Crippen LogP contribution in [0.15, 0.2) is 28.1 Å². The van der Waals surface area contributed by atoms with E-state index in [0.29, 0.717) is 12.3 Å². The number of aromatic nitrogens is 2. The second kappa shape index (κ2) is 5.74. The second-order valence-electron chi connectivity index (χ2n) is 6.40. The lowest BCUT2D eigenvalue weighted by atomic mass is 10.1. The van der Waals surface area contributed by atoms with E-state index < -0.39 is 0 Å². The number of carbonyl (C=O) groups excluding carboxylic acids is 1. The lowest BCUT2D eigenvalue weighted by Crippen LogP contribution is -2.24. The number of hydrogen-bond acceptors (Lipinski definition) is 4. The van der Waals surface area contributed by atoms with Gasteiger partial charge in [0.05, 0.1) is 17.9 Å². The molecule has 1 amide bonds. The van der Waals surface area contributed by atoms with Crippen LogP contribution in [0.5, 0.6) is 0 Å². The molecule has 3 heterocycles. The molecular formula is C19H19N3O2S. The number of rotatable bonds is 3. The summed E-state index contributed by atoms with van der Waals surface area (Å²) in [5, 5.41) is 5.96. The first kappa shape index (κ1) is 15.9. The third kappa shape index (κ3) is 2.53. The highest BCUT2D eigenvalue weighted by Crippen LogP contribution is 2.29. The molecular weight excluding hydrogens is 334 g/mol. The van der Waals surface area contributed by atoms with Crippen molar-refractivity contribution in [3.05, 3.63) is 57.5 Å². The molecule has 0 radical (unpaired) electrons. The SMILES string of the molecule is Cc1cc(C)c2oc(C(=O)NCc3c(C)nc4sccn34)c(C)c2c1. The molecule has 0 unspecified atom stereocenters. The van der Waals surface area contributed by atoms with Crippen molar-refractivity contribution in [1.29, 1.82) is 0 Å². The number of benzene rings is 1. The van der Waals surface area contributed by atoms with Gasteiger partial charge in [-0.15, -0.1) is 11.3 Å². The van der Waals surface area contributed by atoms with Crippen molar-refractivity contribution in [2.45, 2.75) is 34.2 Å². The van der Waals surface area contributed by atoms with Gasteiger partial charge in [-0.3, -0.25) is 9.20 Å². The molecule has 1 aromatic carbocycles. The predicted octanol–water partition coefficient (Wildman–Crippen LogP) is 4.31. The Hall–Kier alpha value is -2.60. The maximum atomic E-state index is 12.7. The van der Waals surface area contributed by atoms with Crippen LogP contribution < -0.4 is 5.32 Å². The zero-order valence-corrected chi connectivity index (χ0v) is 15.5. The van der Waals surface area contributed by atoms with E-state index in [2.05, 4.69) is 22.4 Å². The number of thiazole rings is 1. The Morgan fingerprint density at radius 3 is 2.88 bits per heavy atom. The van der Waals surface area contributed by atoms with Gasteiger partial charge in [-0.1, -0.05) is 6.07 Å². The highest BCUT2D eigenvalue weighted by atomic mass is 32.1. The molecule has 0 saturated carbocycles. The van der Waals surface area contributed by atoms with Gasteiger partial charge in [-0.25, -0.2) is 4.98 Å². The topological polar surface area (TPSA) is 59.5 Å². The summed E-state index contributed by atoms with van der Waals surface area (Å²) in [5.41, 5.74) is 5.80. The van der Waals surface area contributed by atoms with E-state index in [1.54, 1.807) is 11.3 Å². The summed E-state index contributed by atoms with van der Waals surface area (Å²) in [5.74, 6) is 0.183. The third-order valence-corrected chi connectivity index (χ3v) is 5.31. The van der Waals surface area contributed by atoms with Crippen LogP contribution in [-0.4, -0.2) is 15.3 Å². The monoisotopic (exact) mass is 353 g/mol. The minimum Gasteiger partial charge on any atom is -0.450 e. The first-order chi connectivity index (χ1) is 12.0. The molecule has 6 heteroatoms. The van der Waals surface area contributed by atoms with E-state index >= 15 is 0 Å². The lowest BCUT2D eigenvalue weighted by Gasteiger charge is -2.04. The van der Waals surface area contributed by atoms with Crippen LogP contribution in [0.1, 0.15) is 38.6 Å². The molecule has 1 N–H and O–H groups in total. The van der Waals surface area contributed by atoms with Crippen molar-refractivity contribution in [2.75, 3.05) is 0 Å². The zero-order chi connectivity index (χ0) is 17.7. The molecule has 0 saturated heterocycles. The molecule has 4 rings (SSSR count). The first-order valence-corrected chi connectivity index (χ1v) is 9.03. The Labute approximate surface area is 149 Å². The number of fused-ring (bicyclic) bond motifs is 2. The van der Waals surface area contributed by atoms with Gasteiger partial charge in [0.25, 0.3) is 5.91 Å². The van der Waals surface area contributed by atoms with Crippen LogP contribution in [0.4, 0.5) is 0 Å². The molecule has 128 valence electrons. The van der Waals surface area contributed by atoms with Crippen molar-refractivity contribution >= 4 is 33.2 Å². The van der Waals surface area contributed by atoms with E-state index in [1.807, 2.05) is 43.7 Å². The standard InChI is InChI=1S/C19H19N3O2S/c1-10-7-11(2)16-14(8-10)12(3)17(24-16)18(23)20-9-15-13(4)21-19-22(15)5-6-25-19/h5-8H,9H2,1-4H3,(H,20,23). The number of aryl methyl sites for hydroxylation is 4. The van der Waals surface area contributed by atoms with Gasteiger partial charge < -0.3 is 9.73 Å². The number of furan rings is 1. The molecule has 0 aliphatic rings. The number of nitrogens with one attached hydrogen (secondary N) is 1. The molecule has 4 aromatic rings. The first-order valence-electron chi connectivity index (χ1n) is 8.15. The lowest BCUT2D eigenvalue weighted by molar-refractivity contribution is 0.0924. The number of hydrogen-bond donors (Lipinski definition) is 1. The Morgan fingerprint density at radius 2 is 2.08 bits per heavy atom. The fraction of sp³-hybridized carbons (Fsp3) is 0.263. The summed E-state index contributed by atoms with van der Waals surface area (Å²) in [4.78, 5) is 18.1. The summed E-state index contributed by atoms with van der Waals surface area (Å²) in [7, 11) is 0. The van der Waals surface area contributed by atoms with Crippen LogP contribution >= 0.6 is 11.3 Å². The fourth-order valence-electron chi connectivity index (χ4n) is 3.28. The molecule has 0 aliphatic carbocycles. The van der Waals surface area contributed by atoms with Crippen LogP contribution in [0, 0.1) is 27.7 Å². The molecule has 25 heavy (non-hydrogen) atoms. The smallest absolute Gasteiger partial charge is 0.287 e. The van der Waals surface area contributed by atoms with Crippen molar-refractivity contribution < 1.29 is 9.21 Å². The second-order valence-corrected chi connectivity index (χ2v) is 7.27. The summed E-state index contributed by atoms with van der Waals surface area (Å²) in [6.45, 7) is 8.35. The van der Waals surface area contributed by atoms with Gasteiger partial charge in [0.2, 0.25) is 0 Å². The Morgan fingerprint density at radius 1 is 1.28 bits per heavy atom. The molecule has 0 bridgehead atoms. The maximum absolute atomic E-state index is 12.7. The fourth-order valence-corrected chi connectivity index (χ4v) is 4.06. The van der Waals surface area contributed by atoms with Gasteiger partial charge >= 0.3 is 0 Å². The van der Waals surface area contributed by atoms with Crippen LogP contribution in [0.2, 0.25) is 0 Å². The molecule has 0 spiro atoms. The highest BCUT2D eigenvalue weighted by molar-refractivity contribution is 7.15. The summed E-state index contributed by atoms with van der Waals surface area (Å²) in [6.07, 6.45) is 1.97. The van der Waals surface area contributed by atoms with Crippen molar-refractivity contribution in [2.24, 2.45) is 0 Å². The minimum absolute atomic E-state index is 0.199. The molecule has 5 nitrogen and oxygen atoms in total. The number of imidazole rings is 1. The van der Waals surface area contributed by atoms with E-state index in [0.717, 1.165) is 44.0 Å². The molecule has 0 fully saturated rings. The maximum Gasteiger partial charge on any atom is 0.287 e. The molecule has 0 aliphatic heterocycles. The largest absolute Gasteiger partial charge is 0.450 e. The van der Waals surface area contributed by atoms with Crippen LogP contribution in [-0.2, 0) is 6.54 Å². The van der Waals surface area contributed by atoms with E-state index in [4.69, 9.17) is 4.42 Å². The average Bonchev–Trinajstić information content (AvgIpc) is 3.20. The van der Waals surface area contributed by atoms with Crippen LogP contribution in [0.3, 0.4) is 0 Å². The summed E-state index contributed by atoms with van der Waals surface area (Å²) < 4.78 is 7.90. The number of carbonyl (C=O) groups is 1. The van der Waals surface area contributed by atoms with Gasteiger partial charge in [0.1, 0.15) is 5.58 Å². The molecule has 3 aromatic heterocycles. The van der Waals surface area contributed by atoms with Gasteiger partial charge in [-0.2, -0.15) is 0 Å². The number of nitrogens with zero attached hydrogens (tertiary/aromatic N) is 2. The Balaban J connectivity index is 1.64. The minimum atomic E-state index is -0.199. The number of amides is 1. The van der Waals surface area contributed by atoms with Crippen LogP contribution in [0.25, 0.3) is 15.9 Å². The normalized spacial score (nSPS) is 11.5. The zero-order valence-electron chi connectivity index (χ0n) is 14.6. The van der Waals surface area contributed by atoms with Gasteiger partial charge in [-0.05, 0) is 44.9 Å². The summed E-state index contributed by atoms with van der Waals surface area (Å²) >= 11 is 1.58. The van der Waals surface area contributed by atoms with Gasteiger partial charge in [0, 0.05) is 22.5 Å².